The highest BCUT2D eigenvalue weighted by Gasteiger charge is 3.09. The van der Waals surface area contributed by atoms with Gasteiger partial charge in [0.15, 0.2) is 40.7 Å². The largest absolute Gasteiger partial charge is 0.511 e. The van der Waals surface area contributed by atoms with Crippen molar-refractivity contribution in [2.45, 2.75) is 376 Å². The number of furan rings is 3. The summed E-state index contributed by atoms with van der Waals surface area (Å²) in [5.41, 5.74) is -30.7. The van der Waals surface area contributed by atoms with Crippen LogP contribution in [0.2, 0.25) is 0 Å². The molecule has 12 saturated carbocycles. The Morgan fingerprint density at radius 1 is 0.411 bits per heavy atom. The molecule has 40 atom stereocenters. The van der Waals surface area contributed by atoms with E-state index in [-0.39, 0.29) is 75.5 Å². The second-order valence-corrected chi connectivity index (χ2v) is 48.9. The van der Waals surface area contributed by atoms with E-state index < -0.39 is 326 Å². The normalized spacial score (nSPS) is 51.2. The van der Waals surface area contributed by atoms with Gasteiger partial charge in [0, 0.05) is 177 Å². The van der Waals surface area contributed by atoms with Crippen molar-refractivity contribution in [2.75, 3.05) is 7.11 Å². The lowest BCUT2D eigenvalue weighted by Gasteiger charge is -2.78. The summed E-state index contributed by atoms with van der Waals surface area (Å²) in [5.74, 6) is -23.4. The smallest absolute Gasteiger partial charge is 0.338 e. The molecule has 0 amide bonds. The molecule has 12 bridgehead atoms. The minimum absolute atomic E-state index is 0.0401. The predicted octanol–water partition coefficient (Wildman–Crippen LogP) is 9.96. The number of ketones is 1. The molecular weight excluding hydrogens is 1920 g/mol. The van der Waals surface area contributed by atoms with Crippen molar-refractivity contribution in [3.63, 3.8) is 0 Å². The number of hydrogen-bond acceptors (Lipinski definition) is 39. The van der Waals surface area contributed by atoms with Gasteiger partial charge >= 0.3 is 71.6 Å². The van der Waals surface area contributed by atoms with Crippen molar-refractivity contribution in [3.8, 4) is 0 Å². The van der Waals surface area contributed by atoms with Gasteiger partial charge in [-0.05, 0) is 93.7 Å². The van der Waals surface area contributed by atoms with Crippen LogP contribution in [-0.2, 0) is 152 Å². The standard InChI is InChI=1S/2C36H44O14.C33H40O13/c2*1-16(2)23(41)22-24-29(5,25(45-17(3)37)19-9-12-44-14-19)10-11-33-31(7)20(13-21(39)40)30(6)15-34(31)35(43,27(30)46-18(4)38)28(47-26(22)42)36(24,33)50-32(8,48-33)49-34;1-16(34)41-23(18-8-11-40-14-18)26(3)9-10-30-28(5)19(12-21(36)39-7)27(4)15-31(28)32(38,24(27)42-17(2)35)25-33(30,20(26)13-22(37)43-25)46-29(6,44-30)45-31/h9,12,14,16,20,24-25,27-28,41,43H,10-11,13,15H2,1-8H3,(H,39,40);9,12,14,16,20,22,24-25,27-28,43H,10-11,13,15H2,1-8H3,(H,39,40);8,11,14,19-20,23-25,38H,9-10,12-13,15H2,1-7H3/b23-22-;;. The zero-order valence-electron chi connectivity index (χ0n) is 85.8. The molecule has 3 aromatic rings. The first kappa shape index (κ1) is 101. The molecule has 9 aliphatic heterocycles. The third kappa shape index (κ3) is 10.7. The van der Waals surface area contributed by atoms with Crippen LogP contribution in [-0.4, -0.2) is 237 Å². The summed E-state index contributed by atoms with van der Waals surface area (Å²) in [4.78, 5) is 173. The number of carbonyl (C=O) groups excluding carboxylic acids is 11. The number of hydrogen-bond donors (Lipinski definition) is 6. The molecule has 40 unspecified atom stereocenters. The van der Waals surface area contributed by atoms with Crippen LogP contribution < -0.4 is 0 Å². The first-order valence-corrected chi connectivity index (χ1v) is 50.4. The average molecular weight is 2050 g/mol. The lowest BCUT2D eigenvalue weighted by atomic mass is 9.32. The molecule has 6 N–H and O–H groups in total. The third-order valence-electron chi connectivity index (χ3n) is 41.7. The molecule has 146 heavy (non-hydrogen) atoms. The van der Waals surface area contributed by atoms with Crippen molar-refractivity contribution in [1.29, 1.82) is 0 Å². The van der Waals surface area contributed by atoms with Crippen molar-refractivity contribution in [1.82, 2.24) is 0 Å². The summed E-state index contributed by atoms with van der Waals surface area (Å²) < 4.78 is 140. The highest BCUT2D eigenvalue weighted by atomic mass is 17.0. The summed E-state index contributed by atoms with van der Waals surface area (Å²) >= 11 is 0. The van der Waals surface area contributed by atoms with Crippen molar-refractivity contribution in [3.05, 3.63) is 83.8 Å². The molecule has 12 aliphatic carbocycles. The van der Waals surface area contributed by atoms with E-state index in [2.05, 4.69) is 0 Å². The maximum absolute atomic E-state index is 14.6. The average Bonchev–Trinajstić information content (AvgIpc) is 1.42. The predicted molar refractivity (Wildman–Crippen MR) is 479 cm³/mol. The molecule has 41 nitrogen and oxygen atoms in total. The maximum atomic E-state index is 14.6. The van der Waals surface area contributed by atoms with Crippen LogP contribution >= 0.6 is 0 Å². The van der Waals surface area contributed by atoms with Gasteiger partial charge in [0.1, 0.15) is 98.9 Å². The van der Waals surface area contributed by atoms with Gasteiger partial charge in [-0.3, -0.25) is 57.5 Å². The van der Waals surface area contributed by atoms with Gasteiger partial charge in [0.05, 0.1) is 56.7 Å². The number of rotatable bonds is 21. The Morgan fingerprint density at radius 2 is 0.760 bits per heavy atom. The quantitative estimate of drug-likeness (QED) is 0.0190. The summed E-state index contributed by atoms with van der Waals surface area (Å²) in [5, 5.41) is 73.4. The number of ether oxygens (including phenoxy) is 19. The van der Waals surface area contributed by atoms with Crippen molar-refractivity contribution >= 4 is 77.4 Å². The Labute approximate surface area is 838 Å². The first-order valence-electron chi connectivity index (χ1n) is 50.4. The highest BCUT2D eigenvalue weighted by molar-refractivity contribution is 6.02. The molecule has 9 spiro atoms. The minimum Gasteiger partial charge on any atom is -0.511 e. The summed E-state index contributed by atoms with van der Waals surface area (Å²) in [6, 6.07) is 5.00. The monoisotopic (exact) mass is 2040 g/mol. The molecule has 21 fully saturated rings. The van der Waals surface area contributed by atoms with Crippen LogP contribution in [0.4, 0.5) is 0 Å². The molecule has 3 aromatic heterocycles. The van der Waals surface area contributed by atoms with E-state index in [1.807, 2.05) is 48.5 Å². The van der Waals surface area contributed by atoms with E-state index in [0.717, 1.165) is 0 Å². The van der Waals surface area contributed by atoms with Gasteiger partial charge in [-0.15, -0.1) is 0 Å². The molecule has 21 aliphatic rings. The maximum Gasteiger partial charge on any atom is 0.338 e. The molecule has 0 aromatic carbocycles. The Hall–Kier alpha value is -9.79. The Balaban J connectivity index is 0.000000125. The molecule has 41 heteroatoms. The fourth-order valence-electron chi connectivity index (χ4n) is 38.3. The second-order valence-electron chi connectivity index (χ2n) is 48.9. The minimum atomic E-state index is -2.30. The van der Waals surface area contributed by atoms with Gasteiger partial charge in [-0.1, -0.05) is 90.0 Å². The number of allylic oxidation sites excluding steroid dienone is 1. The van der Waals surface area contributed by atoms with Crippen LogP contribution in [0.5, 0.6) is 0 Å². The Morgan fingerprint density at radius 3 is 1.14 bits per heavy atom. The number of carboxylic acids is 2. The SMILES string of the molecule is CC(=O)OC(c1ccoc1)C1(C)CCC23OC4(C)OC25C1/C(=C(/O)C(C)C)C(=O)OC5C1(O)C(OC(C)=O)C2(C)CC1(O4)C3(C)C2CC(=O)O.CC(=O)OC(c1ccoc1)C1(C)CCC23OC4(C)OC25C1C(C(=O)C(C)C)C(=O)OC5C1(O)C(OC(C)=O)C2(C)CC1(O4)C3(C)C2CC(=O)O.COC(=O)CC1C2(C)CC34OC5(C)OC67C(CC(=O)OC6C3(O)C2OC(C)=O)C(C)(C(OC(C)=O)c2ccoc2)CCC7(O5)C14C. The van der Waals surface area contributed by atoms with Gasteiger partial charge in [0.2, 0.25) is 0 Å². The van der Waals surface area contributed by atoms with E-state index in [0.29, 0.717) is 29.5 Å². The van der Waals surface area contributed by atoms with Gasteiger partial charge in [-0.25, -0.2) is 4.79 Å². The molecular formula is C105H128O41. The van der Waals surface area contributed by atoms with Crippen LogP contribution in [0, 0.1) is 102 Å². The number of aliphatic carboxylic acids is 2. The van der Waals surface area contributed by atoms with Crippen molar-refractivity contribution < 1.29 is 196 Å². The number of carboxylic acid groups (broad SMARTS) is 2. The zero-order valence-corrected chi connectivity index (χ0v) is 85.8. The van der Waals surface area contributed by atoms with E-state index in [1.165, 1.54) is 86.2 Å². The second kappa shape index (κ2) is 29.7. The Kier molecular flexibility index (Phi) is 20.5. The van der Waals surface area contributed by atoms with E-state index >= 15 is 0 Å². The summed E-state index contributed by atoms with van der Waals surface area (Å²) in [6.07, 6.45) is -2.29. The van der Waals surface area contributed by atoms with Crippen molar-refractivity contribution in [2.24, 2.45) is 102 Å². The lowest BCUT2D eigenvalue weighted by Crippen LogP contribution is -2.95. The number of Topliss-reactive ketones (excluding diaryl/α,β-unsaturated/α-hetero) is 1. The van der Waals surface area contributed by atoms with E-state index in [9.17, 15) is 93.0 Å². The summed E-state index contributed by atoms with van der Waals surface area (Å²) in [6.45, 7) is 35.7. The number of esters is 10. The van der Waals surface area contributed by atoms with Gasteiger partial charge in [0.25, 0.3) is 17.9 Å². The molecule has 24 rings (SSSR count). The number of aliphatic hydroxyl groups is 4. The van der Waals surface area contributed by atoms with Crippen LogP contribution in [0.25, 0.3) is 0 Å². The molecule has 9 saturated heterocycles. The summed E-state index contributed by atoms with van der Waals surface area (Å²) in [7, 11) is 1.31. The zero-order chi connectivity index (χ0) is 106. The lowest BCUT2D eigenvalue weighted by molar-refractivity contribution is -0.479. The topological polar surface area (TPSA) is 558 Å². The fraction of sp³-hybridized carbons (Fsp3) is 0.743. The van der Waals surface area contributed by atoms with Crippen LogP contribution in [0.1, 0.15) is 271 Å². The van der Waals surface area contributed by atoms with Gasteiger partial charge in [-0.2, -0.15) is 0 Å². The number of aliphatic hydroxyl groups excluding tert-OH is 1. The van der Waals surface area contributed by atoms with Gasteiger partial charge < -0.3 is 134 Å². The van der Waals surface area contributed by atoms with E-state index in [4.69, 9.17) is 103 Å². The highest BCUT2D eigenvalue weighted by Crippen LogP contribution is 2.95. The number of fused-ring (bicyclic) bond motifs is 9. The molecule has 794 valence electrons. The fourth-order valence-corrected chi connectivity index (χ4v) is 38.3. The Bertz CT molecular complexity index is 6240. The third-order valence-corrected chi connectivity index (χ3v) is 41.7. The molecule has 0 radical (unpaired) electrons. The number of methoxy groups -OCH3 is 1. The molecule has 12 heterocycles. The number of carbonyl (C=O) groups is 13. The van der Waals surface area contributed by atoms with Crippen LogP contribution in [0.15, 0.2) is 80.4 Å². The van der Waals surface area contributed by atoms with Crippen LogP contribution in [0.3, 0.4) is 0 Å². The first-order chi connectivity index (χ1) is 67.8. The van der Waals surface area contributed by atoms with E-state index in [1.54, 1.807) is 80.5 Å².